The van der Waals surface area contributed by atoms with E-state index in [-0.39, 0.29) is 51.9 Å². The quantitative estimate of drug-likeness (QED) is 0.351. The molecule has 1 N–H and O–H groups in total. The van der Waals surface area contributed by atoms with Crippen LogP contribution in [-0.4, -0.2) is 25.6 Å². The van der Waals surface area contributed by atoms with Crippen LogP contribution in [0.4, 0.5) is 4.39 Å². The summed E-state index contributed by atoms with van der Waals surface area (Å²) in [5.41, 5.74) is 1.06. The molecule has 0 fully saturated rings. The number of benzene rings is 3. The molecule has 1 aromatic heterocycles. The van der Waals surface area contributed by atoms with Crippen LogP contribution in [0.1, 0.15) is 21.7 Å². The Morgan fingerprint density at radius 1 is 1.06 bits per heavy atom. The molecule has 4 rings (SSSR count). The zero-order chi connectivity index (χ0) is 25.8. The Morgan fingerprint density at radius 2 is 1.81 bits per heavy atom. The highest BCUT2D eigenvalue weighted by molar-refractivity contribution is 6.33. The average Bonchev–Trinajstić information content (AvgIpc) is 2.87. The van der Waals surface area contributed by atoms with E-state index in [0.29, 0.717) is 11.3 Å². The van der Waals surface area contributed by atoms with Crippen molar-refractivity contribution in [1.82, 2.24) is 5.32 Å². The second kappa shape index (κ2) is 10.6. The van der Waals surface area contributed by atoms with E-state index in [0.717, 1.165) is 5.56 Å². The van der Waals surface area contributed by atoms with Crippen molar-refractivity contribution in [2.24, 2.45) is 0 Å². The number of carbonyl (C=O) groups excluding carboxylic acids is 2. The molecule has 36 heavy (non-hydrogen) atoms. The number of halogens is 2. The smallest absolute Gasteiger partial charge is 0.337 e. The Bertz CT molecular complexity index is 1490. The summed E-state index contributed by atoms with van der Waals surface area (Å²) in [6, 6.07) is 15.4. The summed E-state index contributed by atoms with van der Waals surface area (Å²) >= 11 is 6.15. The zero-order valence-corrected chi connectivity index (χ0v) is 20.1. The van der Waals surface area contributed by atoms with Gasteiger partial charge < -0.3 is 19.2 Å². The molecule has 4 aromatic rings. The van der Waals surface area contributed by atoms with Gasteiger partial charge in [0, 0.05) is 18.2 Å². The highest BCUT2D eigenvalue weighted by Gasteiger charge is 2.20. The maximum absolute atomic E-state index is 14.4. The second-order valence-electron chi connectivity index (χ2n) is 7.87. The van der Waals surface area contributed by atoms with Crippen molar-refractivity contribution >= 4 is 34.4 Å². The number of aryl methyl sites for hydroxylation is 1. The van der Waals surface area contributed by atoms with Crippen LogP contribution in [0, 0.1) is 12.7 Å². The van der Waals surface area contributed by atoms with Crippen LogP contribution in [0.3, 0.4) is 0 Å². The van der Waals surface area contributed by atoms with Crippen molar-refractivity contribution in [3.8, 4) is 16.9 Å². The number of carbonyl (C=O) groups is 2. The standard InChI is InChI=1S/C27H21ClFNO6/c1-15-24(25-20(28)4-3-5-21(25)29)26(32)19-11-10-18(12-22(19)36-15)35-14-23(31)30-13-16-6-8-17(9-7-16)27(33)34-2/h3-12H,13-14H2,1-2H3,(H,30,31). The molecule has 0 bridgehead atoms. The minimum Gasteiger partial charge on any atom is -0.484 e. The summed E-state index contributed by atoms with van der Waals surface area (Å²) < 4.78 is 30.4. The average molecular weight is 510 g/mol. The first-order chi connectivity index (χ1) is 17.3. The van der Waals surface area contributed by atoms with Crippen LogP contribution in [0.15, 0.2) is 69.9 Å². The van der Waals surface area contributed by atoms with Crippen molar-refractivity contribution in [3.05, 3.63) is 98.6 Å². The Morgan fingerprint density at radius 3 is 2.50 bits per heavy atom. The van der Waals surface area contributed by atoms with E-state index < -0.39 is 17.2 Å². The van der Waals surface area contributed by atoms with E-state index in [1.807, 2.05) is 0 Å². The molecule has 0 atom stereocenters. The number of fused-ring (bicyclic) bond motifs is 1. The van der Waals surface area contributed by atoms with Crippen LogP contribution in [0.2, 0.25) is 5.02 Å². The SMILES string of the molecule is COC(=O)c1ccc(CNC(=O)COc2ccc3c(=O)c(-c4c(F)cccc4Cl)c(C)oc3c2)cc1. The molecular formula is C27H21ClFNO6. The van der Waals surface area contributed by atoms with E-state index in [9.17, 15) is 18.8 Å². The first-order valence-electron chi connectivity index (χ1n) is 10.9. The predicted molar refractivity (Wildman–Crippen MR) is 133 cm³/mol. The molecule has 184 valence electrons. The van der Waals surface area contributed by atoms with Crippen LogP contribution < -0.4 is 15.5 Å². The summed E-state index contributed by atoms with van der Waals surface area (Å²) in [5.74, 6) is -0.906. The first-order valence-corrected chi connectivity index (χ1v) is 11.2. The van der Waals surface area contributed by atoms with Crippen LogP contribution in [-0.2, 0) is 16.1 Å². The third-order valence-electron chi connectivity index (χ3n) is 5.49. The van der Waals surface area contributed by atoms with Gasteiger partial charge in [0.05, 0.1) is 28.6 Å². The van der Waals surface area contributed by atoms with Gasteiger partial charge in [-0.2, -0.15) is 0 Å². The monoisotopic (exact) mass is 509 g/mol. The van der Waals surface area contributed by atoms with E-state index in [2.05, 4.69) is 10.1 Å². The number of hydrogen-bond acceptors (Lipinski definition) is 6. The second-order valence-corrected chi connectivity index (χ2v) is 8.28. The van der Waals surface area contributed by atoms with Crippen LogP contribution in [0.25, 0.3) is 22.1 Å². The van der Waals surface area contributed by atoms with Gasteiger partial charge in [-0.3, -0.25) is 9.59 Å². The Hall–Kier alpha value is -4.17. The van der Waals surface area contributed by atoms with Gasteiger partial charge in [0.25, 0.3) is 5.91 Å². The normalized spacial score (nSPS) is 10.8. The third-order valence-corrected chi connectivity index (χ3v) is 5.80. The van der Waals surface area contributed by atoms with Crippen molar-refractivity contribution < 1.29 is 27.9 Å². The van der Waals surface area contributed by atoms with Gasteiger partial charge in [-0.15, -0.1) is 0 Å². The number of methoxy groups -OCH3 is 1. The number of ether oxygens (including phenoxy) is 2. The molecule has 0 saturated heterocycles. The van der Waals surface area contributed by atoms with E-state index in [4.69, 9.17) is 20.8 Å². The highest BCUT2D eigenvalue weighted by Crippen LogP contribution is 2.32. The number of nitrogens with one attached hydrogen (secondary N) is 1. The number of esters is 1. The number of hydrogen-bond donors (Lipinski definition) is 1. The molecule has 1 amide bonds. The predicted octanol–water partition coefficient (Wildman–Crippen LogP) is 5.04. The van der Waals surface area contributed by atoms with Gasteiger partial charge in [-0.05, 0) is 48.9 Å². The number of amides is 1. The van der Waals surface area contributed by atoms with E-state index >= 15 is 0 Å². The number of rotatable bonds is 7. The maximum atomic E-state index is 14.4. The van der Waals surface area contributed by atoms with Gasteiger partial charge in [0.15, 0.2) is 6.61 Å². The molecule has 0 aliphatic carbocycles. The fourth-order valence-corrected chi connectivity index (χ4v) is 3.94. The summed E-state index contributed by atoms with van der Waals surface area (Å²) in [4.78, 5) is 36.8. The molecule has 1 heterocycles. The Labute approximate surface area is 210 Å². The molecule has 7 nitrogen and oxygen atoms in total. The summed E-state index contributed by atoms with van der Waals surface area (Å²) in [5, 5.41) is 3.05. The molecule has 9 heteroatoms. The molecule has 0 spiro atoms. The minimum absolute atomic E-state index is 0.00995. The van der Waals surface area contributed by atoms with Crippen LogP contribution in [0.5, 0.6) is 5.75 Å². The van der Waals surface area contributed by atoms with Crippen molar-refractivity contribution in [3.63, 3.8) is 0 Å². The lowest BCUT2D eigenvalue weighted by Gasteiger charge is -2.11. The van der Waals surface area contributed by atoms with Gasteiger partial charge in [-0.1, -0.05) is 29.8 Å². The van der Waals surface area contributed by atoms with Crippen molar-refractivity contribution in [2.45, 2.75) is 13.5 Å². The molecule has 0 aliphatic rings. The van der Waals surface area contributed by atoms with Crippen LogP contribution >= 0.6 is 11.6 Å². The molecule has 3 aromatic carbocycles. The van der Waals surface area contributed by atoms with Crippen molar-refractivity contribution in [2.75, 3.05) is 13.7 Å². The lowest BCUT2D eigenvalue weighted by atomic mass is 10.0. The van der Waals surface area contributed by atoms with E-state index in [1.165, 1.54) is 43.5 Å². The summed E-state index contributed by atoms with van der Waals surface area (Å²) in [6.07, 6.45) is 0. The molecular weight excluding hydrogens is 489 g/mol. The van der Waals surface area contributed by atoms with Gasteiger partial charge in [0.1, 0.15) is 22.9 Å². The fourth-order valence-electron chi connectivity index (χ4n) is 3.68. The highest BCUT2D eigenvalue weighted by atomic mass is 35.5. The summed E-state index contributed by atoms with van der Waals surface area (Å²) in [6.45, 7) is 1.53. The third kappa shape index (κ3) is 5.23. The zero-order valence-electron chi connectivity index (χ0n) is 19.4. The fraction of sp³-hybridized carbons (Fsp3) is 0.148. The maximum Gasteiger partial charge on any atom is 0.337 e. The topological polar surface area (TPSA) is 94.8 Å². The van der Waals surface area contributed by atoms with Crippen molar-refractivity contribution in [1.29, 1.82) is 0 Å². The lowest BCUT2D eigenvalue weighted by molar-refractivity contribution is -0.123. The van der Waals surface area contributed by atoms with Gasteiger partial charge in [0.2, 0.25) is 5.43 Å². The molecule has 0 aliphatic heterocycles. The first kappa shape index (κ1) is 24.9. The molecule has 0 saturated carbocycles. The largest absolute Gasteiger partial charge is 0.484 e. The van der Waals surface area contributed by atoms with E-state index in [1.54, 1.807) is 31.2 Å². The minimum atomic E-state index is -0.623. The van der Waals surface area contributed by atoms with Gasteiger partial charge >= 0.3 is 5.97 Å². The Balaban J connectivity index is 1.44. The lowest BCUT2D eigenvalue weighted by Crippen LogP contribution is -2.28. The molecule has 0 unspecified atom stereocenters. The van der Waals surface area contributed by atoms with Gasteiger partial charge in [-0.25, -0.2) is 9.18 Å². The Kier molecular flexibility index (Phi) is 7.36. The summed E-state index contributed by atoms with van der Waals surface area (Å²) in [7, 11) is 1.31. The molecule has 0 radical (unpaired) electrons.